The Morgan fingerprint density at radius 2 is 0.952 bits per heavy atom. The number of hydrogen-bond acceptors (Lipinski definition) is 17. The molecule has 18 nitrogen and oxygen atoms in total. The van der Waals surface area contributed by atoms with Gasteiger partial charge in [0.05, 0.1) is 35.9 Å². The van der Waals surface area contributed by atoms with Gasteiger partial charge in [0, 0.05) is 6.42 Å². The molecule has 0 radical (unpaired) electrons. The van der Waals surface area contributed by atoms with Crippen molar-refractivity contribution in [2.45, 2.75) is 224 Å². The molecule has 1 aliphatic heterocycles. The molecule has 0 spiro atoms. The topological polar surface area (TPSA) is 259 Å². The minimum Gasteiger partial charge on any atom is -0.726 e. The van der Waals surface area contributed by atoms with Crippen LogP contribution in [0.3, 0.4) is 0 Å². The van der Waals surface area contributed by atoms with Crippen LogP contribution in [0.25, 0.3) is 0 Å². The smallest absolute Gasteiger partial charge is 0.726 e. The van der Waals surface area contributed by atoms with Crippen LogP contribution < -0.4 is 64.4 Å². The van der Waals surface area contributed by atoms with Crippen molar-refractivity contribution in [3.05, 3.63) is 120 Å². The quantitative estimate of drug-likeness (QED) is 0.0130. The number of allylic oxidation sites excluding steroid dienone is 1. The predicted octanol–water partition coefficient (Wildman–Crippen LogP) is 5.96. The van der Waals surface area contributed by atoms with E-state index in [-0.39, 0.29) is 82.2 Å². The summed E-state index contributed by atoms with van der Waals surface area (Å²) >= 11 is 0. The van der Waals surface area contributed by atoms with E-state index in [0.29, 0.717) is 12.8 Å². The molecule has 1 amide bonds. The van der Waals surface area contributed by atoms with Gasteiger partial charge in [-0.3, -0.25) is 13.2 Å². The van der Waals surface area contributed by atoms with Crippen molar-refractivity contribution in [2.75, 3.05) is 13.2 Å². The van der Waals surface area contributed by atoms with Crippen LogP contribution in [0.1, 0.15) is 212 Å². The number of esters is 3. The molecule has 1 heterocycles. The van der Waals surface area contributed by atoms with Gasteiger partial charge in [-0.25, -0.2) is 31.2 Å². The summed E-state index contributed by atoms with van der Waals surface area (Å²) in [5.41, 5.74) is 0.0286. The molecule has 0 aliphatic carbocycles. The van der Waals surface area contributed by atoms with Crippen molar-refractivity contribution < 1.29 is 136 Å². The van der Waals surface area contributed by atoms with Crippen LogP contribution in [0.4, 0.5) is 0 Å². The molecule has 4 rings (SSSR count). The van der Waals surface area contributed by atoms with Crippen molar-refractivity contribution in [1.82, 2.24) is 5.32 Å². The summed E-state index contributed by atoms with van der Waals surface area (Å²) in [7, 11) is -11.3. The molecule has 3 aromatic carbocycles. The minimum atomic E-state index is -5.80. The SMILES string of the molecule is CCCCCCCCCCCCC/C=C/[C@@H](OC(=O)c1ccccc1)[C@H](CO[C@H]1O[C@H](COS(=O)(=O)[O-])[C@H](OC(=O)c2ccccc2)[C@H](OC(=O)c2ccccc2)[C@H]1OS(=O)(=O)[O-])NC(=O)CCCCCCCCCCCCCCC.[Na+].[Na+]. The van der Waals surface area contributed by atoms with Crippen molar-refractivity contribution in [3.63, 3.8) is 0 Å². The second-order valence-corrected chi connectivity index (χ2v) is 22.7. The zero-order valence-electron chi connectivity index (χ0n) is 49.4. The van der Waals surface area contributed by atoms with E-state index in [1.807, 2.05) is 6.08 Å². The standard InChI is InChI=1S/C61H89NO17S2.2Na/c1-3-5-7-9-11-13-15-17-19-21-23-25-36-44-52(75-58(64)48-38-30-27-31-39-48)51(62-54(63)45-37-26-24-22-20-18-16-14-12-10-8-6-4-2)46-73-61-57(79-81(70,71)72)56(78-60(66)50-42-34-29-35-43-50)55(53(76-61)47-74-80(67,68)69)77-59(65)49-40-32-28-33-41-49;;/h27-36,38-44,51-53,55-57,61H,3-26,37,45-47H2,1-2H3,(H,62,63)(H,67,68,69)(H,70,71,72);;/q;2*+1/p-2/b44-36+;;/t51-,52+,53+,55-,56-,57+,61-;;/m0../s1. The molecule has 83 heavy (non-hydrogen) atoms. The maximum atomic E-state index is 14.0. The first-order valence-corrected chi connectivity index (χ1v) is 32.0. The molecular weight excluding hydrogens is 1130 g/mol. The number of ether oxygens (including phenoxy) is 5. The van der Waals surface area contributed by atoms with E-state index in [4.69, 9.17) is 27.9 Å². The number of amides is 1. The molecule has 0 aromatic heterocycles. The Labute approximate surface area is 538 Å². The molecule has 0 saturated carbocycles. The van der Waals surface area contributed by atoms with Gasteiger partial charge in [0.1, 0.15) is 12.2 Å². The number of rotatable bonds is 43. The number of unbranched alkanes of at least 4 members (excludes halogenated alkanes) is 23. The van der Waals surface area contributed by atoms with E-state index in [9.17, 15) is 45.1 Å². The minimum absolute atomic E-state index is 0. The fraction of sp³-hybridized carbons (Fsp3) is 0.607. The molecule has 452 valence electrons. The number of nitrogens with one attached hydrogen (secondary N) is 1. The van der Waals surface area contributed by atoms with E-state index >= 15 is 0 Å². The van der Waals surface area contributed by atoms with Crippen molar-refractivity contribution in [3.8, 4) is 0 Å². The molecule has 1 fully saturated rings. The van der Waals surface area contributed by atoms with Gasteiger partial charge in [-0.2, -0.15) is 0 Å². The predicted molar refractivity (Wildman–Crippen MR) is 304 cm³/mol. The van der Waals surface area contributed by atoms with Crippen LogP contribution in [0.2, 0.25) is 0 Å². The van der Waals surface area contributed by atoms with E-state index < -0.39 is 101 Å². The van der Waals surface area contributed by atoms with Crippen molar-refractivity contribution in [2.24, 2.45) is 0 Å². The van der Waals surface area contributed by atoms with E-state index in [1.54, 1.807) is 48.5 Å². The molecule has 1 aliphatic rings. The summed E-state index contributed by atoms with van der Waals surface area (Å²) in [5, 5.41) is 2.92. The average Bonchev–Trinajstić information content (AvgIpc) is 3.65. The third kappa shape index (κ3) is 33.0. The summed E-state index contributed by atoms with van der Waals surface area (Å²) in [5.74, 6) is -3.46. The molecule has 3 aromatic rings. The van der Waals surface area contributed by atoms with Crippen LogP contribution in [0.15, 0.2) is 103 Å². The normalized spacial score (nSPS) is 17.8. The van der Waals surface area contributed by atoms with Gasteiger partial charge in [0.2, 0.25) is 26.7 Å². The molecular formula is C61H87NNa2O17S2. The van der Waals surface area contributed by atoms with Gasteiger partial charge in [-0.05, 0) is 61.7 Å². The third-order valence-corrected chi connectivity index (χ3v) is 14.8. The molecule has 1 N–H and O–H groups in total. The van der Waals surface area contributed by atoms with Crippen LogP contribution >= 0.6 is 0 Å². The van der Waals surface area contributed by atoms with Crippen molar-refractivity contribution in [1.29, 1.82) is 0 Å². The second-order valence-electron chi connectivity index (χ2n) is 20.7. The Morgan fingerprint density at radius 1 is 0.542 bits per heavy atom. The van der Waals surface area contributed by atoms with E-state index in [0.717, 1.165) is 57.8 Å². The Kier molecular flexibility index (Phi) is 40.7. The summed E-state index contributed by atoms with van der Waals surface area (Å²) < 4.78 is 113. The zero-order chi connectivity index (χ0) is 58.6. The number of hydrogen-bond donors (Lipinski definition) is 1. The van der Waals surface area contributed by atoms with Gasteiger partial charge in [-0.15, -0.1) is 0 Å². The van der Waals surface area contributed by atoms with E-state index in [1.165, 1.54) is 138 Å². The number of benzene rings is 3. The monoisotopic (exact) mass is 1220 g/mol. The Bertz CT molecular complexity index is 2500. The largest absolute Gasteiger partial charge is 1.00 e. The number of carbonyl (C=O) groups is 4. The second kappa shape index (κ2) is 44.4. The molecule has 22 heteroatoms. The first-order valence-electron chi connectivity index (χ1n) is 29.3. The average molecular weight is 1220 g/mol. The van der Waals surface area contributed by atoms with Gasteiger partial charge in [-0.1, -0.05) is 216 Å². The Morgan fingerprint density at radius 3 is 1.39 bits per heavy atom. The summed E-state index contributed by atoms with van der Waals surface area (Å²) in [6.45, 7) is 2.51. The van der Waals surface area contributed by atoms with Crippen molar-refractivity contribution >= 4 is 44.6 Å². The van der Waals surface area contributed by atoms with E-state index in [2.05, 4.69) is 23.3 Å². The van der Waals surface area contributed by atoms with Gasteiger partial charge in [0.25, 0.3) is 0 Å². The molecule has 1 saturated heterocycles. The summed E-state index contributed by atoms with van der Waals surface area (Å²) in [4.78, 5) is 55.4. The van der Waals surface area contributed by atoms with Crippen LogP contribution in [-0.2, 0) is 57.6 Å². The first-order chi connectivity index (χ1) is 39.1. The van der Waals surface area contributed by atoms with Crippen LogP contribution in [0, 0.1) is 0 Å². The maximum absolute atomic E-state index is 14.0. The van der Waals surface area contributed by atoms with Gasteiger partial charge in [0.15, 0.2) is 24.6 Å². The molecule has 0 bridgehead atoms. The van der Waals surface area contributed by atoms with Gasteiger partial charge < -0.3 is 38.1 Å². The summed E-state index contributed by atoms with van der Waals surface area (Å²) in [6.07, 6.45) is 19.0. The van der Waals surface area contributed by atoms with Crippen LogP contribution in [-0.4, -0.2) is 106 Å². The summed E-state index contributed by atoms with van der Waals surface area (Å²) in [6, 6.07) is 21.4. The first kappa shape index (κ1) is 76.0. The van der Waals surface area contributed by atoms with Crippen LogP contribution in [0.5, 0.6) is 0 Å². The fourth-order valence-corrected chi connectivity index (χ4v) is 10.3. The molecule has 0 unspecified atom stereocenters. The molecule has 7 atom stereocenters. The Hall–Kier alpha value is -3.06. The fourth-order valence-electron chi connectivity index (χ4n) is 9.52. The number of carbonyl (C=O) groups excluding carboxylic acids is 4. The maximum Gasteiger partial charge on any atom is 1.00 e. The third-order valence-electron chi connectivity index (χ3n) is 13.9. The van der Waals surface area contributed by atoms with Gasteiger partial charge >= 0.3 is 77.0 Å². The zero-order valence-corrected chi connectivity index (χ0v) is 55.0. The Balaban J connectivity index is 0.0000118.